The Balaban J connectivity index is 1.49. The number of hydrogen-bond donors (Lipinski definition) is 2. The summed E-state index contributed by atoms with van der Waals surface area (Å²) in [5.74, 6) is -2.18. The summed E-state index contributed by atoms with van der Waals surface area (Å²) in [6.07, 6.45) is 1.73. The summed E-state index contributed by atoms with van der Waals surface area (Å²) in [7, 11) is 0. The summed E-state index contributed by atoms with van der Waals surface area (Å²) in [5, 5.41) is 7.28. The zero-order chi connectivity index (χ0) is 26.0. The van der Waals surface area contributed by atoms with E-state index in [0.29, 0.717) is 16.5 Å². The van der Waals surface area contributed by atoms with Crippen molar-refractivity contribution in [2.75, 3.05) is 6.54 Å². The van der Waals surface area contributed by atoms with Crippen molar-refractivity contribution in [1.29, 1.82) is 0 Å². The van der Waals surface area contributed by atoms with Gasteiger partial charge in [0.15, 0.2) is 5.69 Å². The largest absolute Gasteiger partial charge is 0.364 e. The highest BCUT2D eigenvalue weighted by molar-refractivity contribution is 6.30. The molecule has 1 aliphatic rings. The van der Waals surface area contributed by atoms with Gasteiger partial charge in [-0.05, 0) is 43.5 Å². The van der Waals surface area contributed by atoms with Gasteiger partial charge in [0.05, 0.1) is 17.1 Å². The fraction of sp³-hybridized carbons (Fsp3) is 0.320. The molecular weight excluding hydrogens is 489 g/mol. The van der Waals surface area contributed by atoms with Gasteiger partial charge in [0.1, 0.15) is 18.1 Å². The number of rotatable bonds is 10. The number of hydrogen-bond acceptors (Lipinski definition) is 5. The number of Topliss-reactive ketones (excluding diaryl/α,β-unsaturated/α-hetero) is 1. The predicted molar refractivity (Wildman–Crippen MR) is 131 cm³/mol. The summed E-state index contributed by atoms with van der Waals surface area (Å²) in [6.45, 7) is 1.00. The van der Waals surface area contributed by atoms with Gasteiger partial charge < -0.3 is 16.0 Å². The van der Waals surface area contributed by atoms with Crippen molar-refractivity contribution < 1.29 is 23.6 Å². The van der Waals surface area contributed by atoms with Gasteiger partial charge in [-0.2, -0.15) is 5.10 Å². The highest BCUT2D eigenvalue weighted by Crippen LogP contribution is 2.28. The normalized spacial score (nSPS) is 13.0. The summed E-state index contributed by atoms with van der Waals surface area (Å²) in [5.41, 5.74) is 6.96. The Hall–Kier alpha value is -3.79. The molecule has 0 bridgehead atoms. The molecule has 4 rings (SSSR count). The monoisotopic (exact) mass is 513 g/mol. The first-order valence-electron chi connectivity index (χ1n) is 11.4. The molecule has 0 atom stereocenters. The average molecular weight is 514 g/mol. The van der Waals surface area contributed by atoms with E-state index in [1.165, 1.54) is 28.6 Å². The number of ketones is 1. The average Bonchev–Trinajstić information content (AvgIpc) is 3.60. The van der Waals surface area contributed by atoms with E-state index in [-0.39, 0.29) is 60.1 Å². The molecule has 11 heteroatoms. The molecule has 3 amide bonds. The van der Waals surface area contributed by atoms with Crippen LogP contribution in [0, 0.1) is 5.82 Å². The molecular formula is C25H25ClFN5O4. The Morgan fingerprint density at radius 1 is 1.22 bits per heavy atom. The zero-order valence-electron chi connectivity index (χ0n) is 19.6. The van der Waals surface area contributed by atoms with Gasteiger partial charge in [-0.3, -0.25) is 23.9 Å². The molecule has 36 heavy (non-hydrogen) atoms. The highest BCUT2D eigenvalue weighted by Gasteiger charge is 2.34. The van der Waals surface area contributed by atoms with Crippen LogP contribution in [0.4, 0.5) is 4.39 Å². The van der Waals surface area contributed by atoms with Crippen molar-refractivity contribution in [2.24, 2.45) is 5.73 Å². The maximum Gasteiger partial charge on any atom is 0.269 e. The molecule has 1 heterocycles. The molecule has 9 nitrogen and oxygen atoms in total. The number of halogens is 2. The minimum Gasteiger partial charge on any atom is -0.364 e. The van der Waals surface area contributed by atoms with Crippen LogP contribution in [0.2, 0.25) is 5.02 Å². The van der Waals surface area contributed by atoms with Gasteiger partial charge in [0, 0.05) is 30.0 Å². The van der Waals surface area contributed by atoms with E-state index in [1.807, 2.05) is 0 Å². The molecule has 188 valence electrons. The minimum absolute atomic E-state index is 0.00228. The van der Waals surface area contributed by atoms with Crippen molar-refractivity contribution in [3.63, 3.8) is 0 Å². The van der Waals surface area contributed by atoms with Crippen LogP contribution >= 0.6 is 11.6 Å². The lowest BCUT2D eigenvalue weighted by atomic mass is 10.1. The van der Waals surface area contributed by atoms with Crippen molar-refractivity contribution in [2.45, 2.75) is 45.3 Å². The number of primary amides is 1. The molecule has 0 aliphatic heterocycles. The number of aromatic nitrogens is 2. The lowest BCUT2D eigenvalue weighted by molar-refractivity contribution is -0.137. The molecule has 0 unspecified atom stereocenters. The molecule has 1 aliphatic carbocycles. The smallest absolute Gasteiger partial charge is 0.269 e. The van der Waals surface area contributed by atoms with Gasteiger partial charge in [0.2, 0.25) is 11.8 Å². The summed E-state index contributed by atoms with van der Waals surface area (Å²) in [6, 6.07) is 9.54. The van der Waals surface area contributed by atoms with Gasteiger partial charge >= 0.3 is 0 Å². The Labute approximate surface area is 211 Å². The molecule has 1 aromatic heterocycles. The Morgan fingerprint density at radius 2 is 1.97 bits per heavy atom. The number of nitrogens with two attached hydrogens (primary N) is 1. The van der Waals surface area contributed by atoms with E-state index in [2.05, 4.69) is 10.4 Å². The van der Waals surface area contributed by atoms with Crippen molar-refractivity contribution >= 4 is 46.0 Å². The van der Waals surface area contributed by atoms with Crippen LogP contribution in [0.5, 0.6) is 0 Å². The topological polar surface area (TPSA) is 127 Å². The van der Waals surface area contributed by atoms with E-state index in [4.69, 9.17) is 17.3 Å². The van der Waals surface area contributed by atoms with Crippen LogP contribution in [0.3, 0.4) is 0 Å². The predicted octanol–water partition coefficient (Wildman–Crippen LogP) is 2.37. The number of amides is 3. The van der Waals surface area contributed by atoms with E-state index < -0.39 is 17.6 Å². The fourth-order valence-electron chi connectivity index (χ4n) is 4.04. The summed E-state index contributed by atoms with van der Waals surface area (Å²) in [4.78, 5) is 50.7. The van der Waals surface area contributed by atoms with Crippen LogP contribution in [0.15, 0.2) is 36.4 Å². The Bertz CT molecular complexity index is 1370. The molecule has 2 aromatic carbocycles. The third-order valence-corrected chi connectivity index (χ3v) is 6.21. The first kappa shape index (κ1) is 25.3. The van der Waals surface area contributed by atoms with Gasteiger partial charge in [0.25, 0.3) is 5.91 Å². The summed E-state index contributed by atoms with van der Waals surface area (Å²) >= 11 is 5.78. The number of benzene rings is 2. The lowest BCUT2D eigenvalue weighted by Crippen LogP contribution is -2.43. The quantitative estimate of drug-likeness (QED) is 0.430. The molecule has 0 spiro atoms. The second-order valence-corrected chi connectivity index (χ2v) is 9.25. The SMILES string of the molecule is CC(=O)Cc1ccc2c(c1)c(C(N)=O)nn2CC(=O)N(CC(=O)NCc1cccc(Cl)c1F)C1CC1. The Kier molecular flexibility index (Phi) is 7.35. The molecule has 3 N–H and O–H groups in total. The van der Waals surface area contributed by atoms with Crippen LogP contribution in [-0.2, 0) is 33.9 Å². The number of nitrogens with zero attached hydrogens (tertiary/aromatic N) is 3. The highest BCUT2D eigenvalue weighted by atomic mass is 35.5. The molecule has 0 saturated heterocycles. The van der Waals surface area contributed by atoms with Crippen LogP contribution in [0.1, 0.15) is 41.4 Å². The van der Waals surface area contributed by atoms with E-state index in [0.717, 1.165) is 12.8 Å². The number of nitrogens with one attached hydrogen (secondary N) is 1. The first-order chi connectivity index (χ1) is 17.1. The number of carbonyl (C=O) groups is 4. The maximum absolute atomic E-state index is 14.1. The number of fused-ring (bicyclic) bond motifs is 1. The van der Waals surface area contributed by atoms with Crippen LogP contribution < -0.4 is 11.1 Å². The maximum atomic E-state index is 14.1. The Morgan fingerprint density at radius 3 is 2.64 bits per heavy atom. The van der Waals surface area contributed by atoms with Crippen molar-refractivity contribution in [3.8, 4) is 0 Å². The molecule has 0 radical (unpaired) electrons. The second-order valence-electron chi connectivity index (χ2n) is 8.84. The van der Waals surface area contributed by atoms with E-state index in [9.17, 15) is 23.6 Å². The van der Waals surface area contributed by atoms with Gasteiger partial charge in [-0.15, -0.1) is 0 Å². The first-order valence-corrected chi connectivity index (χ1v) is 11.8. The third kappa shape index (κ3) is 5.71. The standard InChI is InChI=1S/C25H25ClFN5O4/c1-14(33)9-15-5-8-20-18(10-15)24(25(28)36)30-32(20)13-22(35)31(17-6-7-17)12-21(34)29-11-16-3-2-4-19(26)23(16)27/h2-5,8,10,17H,6-7,9,11-13H2,1H3,(H2,28,36)(H,29,34). The van der Waals surface area contributed by atoms with Gasteiger partial charge in [-0.25, -0.2) is 4.39 Å². The lowest BCUT2D eigenvalue weighted by Gasteiger charge is -2.22. The van der Waals surface area contributed by atoms with Crippen LogP contribution in [-0.4, -0.2) is 50.8 Å². The molecule has 1 fully saturated rings. The van der Waals surface area contributed by atoms with Crippen molar-refractivity contribution in [3.05, 3.63) is 64.1 Å². The molecule has 1 saturated carbocycles. The minimum atomic E-state index is -0.752. The molecule has 3 aromatic rings. The summed E-state index contributed by atoms with van der Waals surface area (Å²) < 4.78 is 15.5. The van der Waals surface area contributed by atoms with Crippen molar-refractivity contribution in [1.82, 2.24) is 20.0 Å². The second kappa shape index (κ2) is 10.4. The van der Waals surface area contributed by atoms with E-state index >= 15 is 0 Å². The van der Waals surface area contributed by atoms with Crippen LogP contribution in [0.25, 0.3) is 10.9 Å². The van der Waals surface area contributed by atoms with E-state index in [1.54, 1.807) is 24.3 Å². The zero-order valence-corrected chi connectivity index (χ0v) is 20.3. The number of carbonyl (C=O) groups excluding carboxylic acids is 4. The van der Waals surface area contributed by atoms with Gasteiger partial charge in [-0.1, -0.05) is 29.8 Å². The fourth-order valence-corrected chi connectivity index (χ4v) is 4.24. The third-order valence-electron chi connectivity index (χ3n) is 5.92.